The minimum Gasteiger partial charge on any atom is -0.323 e. The Labute approximate surface area is 112 Å². The van der Waals surface area contributed by atoms with Gasteiger partial charge in [-0.3, -0.25) is 0 Å². The molecule has 1 heterocycles. The van der Waals surface area contributed by atoms with Gasteiger partial charge in [0.25, 0.3) is 0 Å². The summed E-state index contributed by atoms with van der Waals surface area (Å²) in [5.74, 6) is -0.306. The fourth-order valence-electron chi connectivity index (χ4n) is 1.92. The molecule has 0 saturated carbocycles. The van der Waals surface area contributed by atoms with E-state index >= 15 is 0 Å². The molecule has 2 N–H and O–H groups in total. The van der Waals surface area contributed by atoms with Crippen LogP contribution < -0.4 is 10.6 Å². The molecular weight excluding hydrogens is 257 g/mol. The molecule has 1 aliphatic heterocycles. The van der Waals surface area contributed by atoms with Crippen molar-refractivity contribution in [1.82, 2.24) is 10.2 Å². The van der Waals surface area contributed by atoms with Crippen LogP contribution >= 0.6 is 12.4 Å². The van der Waals surface area contributed by atoms with Gasteiger partial charge in [-0.15, -0.1) is 12.4 Å². The van der Waals surface area contributed by atoms with Crippen LogP contribution in [0.5, 0.6) is 0 Å². The van der Waals surface area contributed by atoms with Crippen molar-refractivity contribution in [3.63, 3.8) is 0 Å². The van der Waals surface area contributed by atoms with Gasteiger partial charge >= 0.3 is 6.03 Å². The minimum atomic E-state index is -0.306. The highest BCUT2D eigenvalue weighted by molar-refractivity contribution is 5.89. The van der Waals surface area contributed by atoms with E-state index in [1.165, 1.54) is 12.1 Å². The van der Waals surface area contributed by atoms with Crippen LogP contribution in [-0.4, -0.2) is 37.1 Å². The monoisotopic (exact) mass is 273 g/mol. The lowest BCUT2D eigenvalue weighted by Gasteiger charge is -2.17. The number of hydrogen-bond donors (Lipinski definition) is 2. The number of anilines is 1. The number of benzene rings is 1. The number of hydrogen-bond acceptors (Lipinski definition) is 2. The third kappa shape index (κ3) is 3.58. The lowest BCUT2D eigenvalue weighted by atomic mass is 10.3. The topological polar surface area (TPSA) is 44.4 Å². The molecule has 100 valence electrons. The first-order chi connectivity index (χ1) is 8.19. The van der Waals surface area contributed by atoms with E-state index in [2.05, 4.69) is 10.6 Å². The first-order valence-electron chi connectivity index (χ1n) is 5.68. The Kier molecular flexibility index (Phi) is 5.37. The van der Waals surface area contributed by atoms with E-state index < -0.39 is 0 Å². The maximum absolute atomic E-state index is 12.7. The zero-order valence-corrected chi connectivity index (χ0v) is 11.0. The van der Waals surface area contributed by atoms with Gasteiger partial charge in [0.05, 0.1) is 0 Å². The highest BCUT2D eigenvalue weighted by Crippen LogP contribution is 2.13. The van der Waals surface area contributed by atoms with Gasteiger partial charge in [0, 0.05) is 24.8 Å². The van der Waals surface area contributed by atoms with E-state index in [0.717, 1.165) is 13.0 Å². The average Bonchev–Trinajstić information content (AvgIpc) is 2.81. The SMILES string of the molecule is CNC1CCN(C(=O)Nc2ccc(F)cc2)C1.Cl. The summed E-state index contributed by atoms with van der Waals surface area (Å²) in [6, 6.07) is 6.01. The normalized spacial score (nSPS) is 18.3. The number of likely N-dealkylation sites (N-methyl/N-ethyl adjacent to an activating group) is 1. The van der Waals surface area contributed by atoms with Gasteiger partial charge in [-0.25, -0.2) is 9.18 Å². The predicted octanol–water partition coefficient (Wildman–Crippen LogP) is 2.07. The van der Waals surface area contributed by atoms with Crippen molar-refractivity contribution >= 4 is 24.1 Å². The van der Waals surface area contributed by atoms with Crippen LogP contribution in [0.25, 0.3) is 0 Å². The molecule has 0 radical (unpaired) electrons. The Hall–Kier alpha value is -1.33. The molecule has 0 aliphatic carbocycles. The summed E-state index contributed by atoms with van der Waals surface area (Å²) < 4.78 is 12.7. The van der Waals surface area contributed by atoms with Gasteiger partial charge in [-0.05, 0) is 37.7 Å². The van der Waals surface area contributed by atoms with Crippen molar-refractivity contribution in [2.24, 2.45) is 0 Å². The lowest BCUT2D eigenvalue weighted by Crippen LogP contribution is -2.36. The second-order valence-electron chi connectivity index (χ2n) is 4.16. The van der Waals surface area contributed by atoms with E-state index in [1.54, 1.807) is 17.0 Å². The molecule has 0 bridgehead atoms. The number of nitrogens with zero attached hydrogens (tertiary/aromatic N) is 1. The minimum absolute atomic E-state index is 0. The molecule has 2 rings (SSSR count). The highest BCUT2D eigenvalue weighted by atomic mass is 35.5. The first-order valence-corrected chi connectivity index (χ1v) is 5.68. The Balaban J connectivity index is 0.00000162. The second-order valence-corrected chi connectivity index (χ2v) is 4.16. The van der Waals surface area contributed by atoms with Gasteiger partial charge in [0.1, 0.15) is 5.82 Å². The standard InChI is InChI=1S/C12H16FN3O.ClH/c1-14-11-6-7-16(8-11)12(17)15-10-4-2-9(13)3-5-10;/h2-5,11,14H,6-8H2,1H3,(H,15,17);1H. The maximum atomic E-state index is 12.7. The molecule has 0 spiro atoms. The summed E-state index contributed by atoms with van der Waals surface area (Å²) in [5.41, 5.74) is 0.615. The van der Waals surface area contributed by atoms with Crippen LogP contribution in [0.4, 0.5) is 14.9 Å². The van der Waals surface area contributed by atoms with E-state index in [0.29, 0.717) is 18.3 Å². The molecule has 6 heteroatoms. The number of carbonyl (C=O) groups excluding carboxylic acids is 1. The summed E-state index contributed by atoms with van der Waals surface area (Å²) >= 11 is 0. The van der Waals surface area contributed by atoms with Crippen LogP contribution in [0.15, 0.2) is 24.3 Å². The Morgan fingerprint density at radius 3 is 2.61 bits per heavy atom. The number of carbonyl (C=O) groups is 1. The summed E-state index contributed by atoms with van der Waals surface area (Å²) in [6.45, 7) is 1.46. The smallest absolute Gasteiger partial charge is 0.321 e. The molecule has 1 fully saturated rings. The first kappa shape index (κ1) is 14.7. The van der Waals surface area contributed by atoms with Crippen molar-refractivity contribution in [1.29, 1.82) is 0 Å². The Bertz CT molecular complexity index is 399. The molecule has 1 aromatic carbocycles. The second kappa shape index (κ2) is 6.56. The predicted molar refractivity (Wildman–Crippen MR) is 71.7 cm³/mol. The van der Waals surface area contributed by atoms with Crippen molar-refractivity contribution in [2.75, 3.05) is 25.5 Å². The third-order valence-corrected chi connectivity index (χ3v) is 2.98. The summed E-state index contributed by atoms with van der Waals surface area (Å²) in [5, 5.41) is 5.90. The molecule has 4 nitrogen and oxygen atoms in total. The Morgan fingerprint density at radius 1 is 1.39 bits per heavy atom. The number of likely N-dealkylation sites (tertiary alicyclic amines) is 1. The van der Waals surface area contributed by atoms with Gasteiger partial charge in [0.15, 0.2) is 0 Å². The molecule has 1 aliphatic rings. The van der Waals surface area contributed by atoms with Crippen molar-refractivity contribution < 1.29 is 9.18 Å². The van der Waals surface area contributed by atoms with Crippen LogP contribution in [-0.2, 0) is 0 Å². The summed E-state index contributed by atoms with van der Waals surface area (Å²) in [4.78, 5) is 13.6. The lowest BCUT2D eigenvalue weighted by molar-refractivity contribution is 0.221. The third-order valence-electron chi connectivity index (χ3n) is 2.98. The highest BCUT2D eigenvalue weighted by Gasteiger charge is 2.24. The molecular formula is C12H17ClFN3O. The molecule has 0 aromatic heterocycles. The van der Waals surface area contributed by atoms with Gasteiger partial charge in [-0.2, -0.15) is 0 Å². The molecule has 1 atom stereocenters. The van der Waals surface area contributed by atoms with Crippen molar-refractivity contribution in [3.8, 4) is 0 Å². The van der Waals surface area contributed by atoms with E-state index in [1.807, 2.05) is 7.05 Å². The molecule has 18 heavy (non-hydrogen) atoms. The van der Waals surface area contributed by atoms with Crippen LogP contribution in [0.1, 0.15) is 6.42 Å². The molecule has 2 amide bonds. The fraction of sp³-hybridized carbons (Fsp3) is 0.417. The zero-order chi connectivity index (χ0) is 12.3. The number of amides is 2. The average molecular weight is 274 g/mol. The van der Waals surface area contributed by atoms with E-state index in [4.69, 9.17) is 0 Å². The number of urea groups is 1. The van der Waals surface area contributed by atoms with Gasteiger partial charge < -0.3 is 15.5 Å². The van der Waals surface area contributed by atoms with Crippen molar-refractivity contribution in [2.45, 2.75) is 12.5 Å². The molecule has 1 aromatic rings. The summed E-state index contributed by atoms with van der Waals surface area (Å²) in [6.07, 6.45) is 0.966. The number of halogens is 2. The molecule has 1 saturated heterocycles. The Morgan fingerprint density at radius 2 is 2.06 bits per heavy atom. The van der Waals surface area contributed by atoms with E-state index in [-0.39, 0.29) is 24.3 Å². The fourth-order valence-corrected chi connectivity index (χ4v) is 1.92. The van der Waals surface area contributed by atoms with Crippen molar-refractivity contribution in [3.05, 3.63) is 30.1 Å². The van der Waals surface area contributed by atoms with Gasteiger partial charge in [-0.1, -0.05) is 0 Å². The van der Waals surface area contributed by atoms with Crippen LogP contribution in [0, 0.1) is 5.82 Å². The maximum Gasteiger partial charge on any atom is 0.321 e. The van der Waals surface area contributed by atoms with Crippen LogP contribution in [0.3, 0.4) is 0 Å². The number of rotatable bonds is 2. The molecule has 1 unspecified atom stereocenters. The largest absolute Gasteiger partial charge is 0.323 e. The number of nitrogens with one attached hydrogen (secondary N) is 2. The quantitative estimate of drug-likeness (QED) is 0.866. The zero-order valence-electron chi connectivity index (χ0n) is 10.1. The van der Waals surface area contributed by atoms with E-state index in [9.17, 15) is 9.18 Å². The summed E-state index contributed by atoms with van der Waals surface area (Å²) in [7, 11) is 1.89. The van der Waals surface area contributed by atoms with Crippen LogP contribution in [0.2, 0.25) is 0 Å². The van der Waals surface area contributed by atoms with Gasteiger partial charge in [0.2, 0.25) is 0 Å².